The highest BCUT2D eigenvalue weighted by molar-refractivity contribution is 5.85. The fourth-order valence-corrected chi connectivity index (χ4v) is 0.445. The van der Waals surface area contributed by atoms with Crippen molar-refractivity contribution in [3.8, 4) is 0 Å². The predicted octanol–water partition coefficient (Wildman–Crippen LogP) is 0.780. The van der Waals surface area contributed by atoms with Crippen LogP contribution in [0.2, 0.25) is 0 Å². The van der Waals surface area contributed by atoms with Crippen LogP contribution in [-0.4, -0.2) is 16.1 Å². The average Bonchev–Trinajstić information content (AvgIpc) is 1.88. The first-order valence-electron chi connectivity index (χ1n) is 2.87. The van der Waals surface area contributed by atoms with E-state index >= 15 is 0 Å². The van der Waals surface area contributed by atoms with Crippen LogP contribution in [0.5, 0.6) is 0 Å². The molecule has 0 radical (unpaired) electrons. The molecule has 0 unspecified atom stereocenters. The van der Waals surface area contributed by atoms with Gasteiger partial charge in [0.25, 0.3) is 0 Å². The quantitative estimate of drug-likeness (QED) is 0.601. The largest absolute Gasteiger partial charge is 0.477 e. The predicted molar refractivity (Wildman–Crippen MR) is 31.2 cm³/mol. The van der Waals surface area contributed by atoms with Crippen LogP contribution in [0.4, 0.5) is 0 Å². The highest BCUT2D eigenvalue weighted by Gasteiger charge is 1.98. The molecule has 9 heavy (non-hydrogen) atoms. The van der Waals surface area contributed by atoms with Gasteiger partial charge < -0.3 is 5.11 Å². The number of hydrogen-bond acceptors (Lipinski definition) is 2. The molecule has 1 heterocycles. The number of pyridine rings is 1. The maximum absolute atomic E-state index is 10.2. The van der Waals surface area contributed by atoms with Crippen molar-refractivity contribution in [2.45, 2.75) is 0 Å². The molecule has 1 rings (SSSR count). The van der Waals surface area contributed by atoms with Gasteiger partial charge >= 0.3 is 5.97 Å². The molecule has 0 spiro atoms. The standard InChI is InChI=1S/C6H5NO2/c8-6(9)5-3-1-2-4-7-5/h1-4H,(H,8,9)/i4D. The van der Waals surface area contributed by atoms with Crippen molar-refractivity contribution in [3.63, 3.8) is 0 Å². The lowest BCUT2D eigenvalue weighted by Crippen LogP contribution is -1.97. The molecule has 3 nitrogen and oxygen atoms in total. The number of carboxylic acid groups (broad SMARTS) is 1. The Morgan fingerprint density at radius 2 is 2.56 bits per heavy atom. The third-order valence-electron chi connectivity index (χ3n) is 0.829. The molecule has 0 saturated carbocycles. The van der Waals surface area contributed by atoms with Gasteiger partial charge in [-0.1, -0.05) is 6.07 Å². The number of carbonyl (C=O) groups is 1. The third kappa shape index (κ3) is 1.25. The zero-order chi connectivity index (χ0) is 7.56. The first-order valence-corrected chi connectivity index (χ1v) is 2.37. The molecule has 46 valence electrons. The van der Waals surface area contributed by atoms with Crippen LogP contribution in [0.1, 0.15) is 11.9 Å². The summed E-state index contributed by atoms with van der Waals surface area (Å²) in [5, 5.41) is 8.36. The zero-order valence-corrected chi connectivity index (χ0v) is 4.53. The summed E-state index contributed by atoms with van der Waals surface area (Å²) < 4.78 is 6.95. The Hall–Kier alpha value is -1.38. The molecular weight excluding hydrogens is 118 g/mol. The number of nitrogens with zero attached hydrogens (tertiary/aromatic N) is 1. The third-order valence-corrected chi connectivity index (χ3v) is 0.829. The van der Waals surface area contributed by atoms with E-state index in [9.17, 15) is 4.79 Å². The molecule has 1 aromatic rings. The van der Waals surface area contributed by atoms with Gasteiger partial charge in [-0.3, -0.25) is 0 Å². The second-order valence-electron chi connectivity index (χ2n) is 1.46. The maximum Gasteiger partial charge on any atom is 0.354 e. The summed E-state index contributed by atoms with van der Waals surface area (Å²) >= 11 is 0. The van der Waals surface area contributed by atoms with E-state index in [0.717, 1.165) is 0 Å². The minimum absolute atomic E-state index is 0.0279. The molecule has 0 aliphatic heterocycles. The van der Waals surface area contributed by atoms with Crippen LogP contribution in [-0.2, 0) is 0 Å². The molecule has 1 N–H and O–H groups in total. The second kappa shape index (κ2) is 2.26. The van der Waals surface area contributed by atoms with E-state index in [4.69, 9.17) is 6.48 Å². The summed E-state index contributed by atoms with van der Waals surface area (Å²) in [5.41, 5.74) is -0.0903. The molecule has 0 atom stereocenters. The van der Waals surface area contributed by atoms with Crippen molar-refractivity contribution in [2.24, 2.45) is 0 Å². The first-order chi connectivity index (χ1) is 4.70. The summed E-state index contributed by atoms with van der Waals surface area (Å²) in [7, 11) is 0. The van der Waals surface area contributed by atoms with Gasteiger partial charge in [0.15, 0.2) is 0 Å². The van der Waals surface area contributed by atoms with E-state index in [-0.39, 0.29) is 11.9 Å². The van der Waals surface area contributed by atoms with Gasteiger partial charge in [0.05, 0.1) is 1.37 Å². The highest BCUT2D eigenvalue weighted by atomic mass is 16.4. The van der Waals surface area contributed by atoms with Crippen LogP contribution in [0.25, 0.3) is 0 Å². The van der Waals surface area contributed by atoms with Crippen LogP contribution in [0.15, 0.2) is 24.4 Å². The molecule has 0 bridgehead atoms. The zero-order valence-electron chi connectivity index (χ0n) is 5.53. The Morgan fingerprint density at radius 3 is 3.00 bits per heavy atom. The number of carboxylic acids is 1. The van der Waals surface area contributed by atoms with E-state index in [0.29, 0.717) is 0 Å². The van der Waals surface area contributed by atoms with E-state index < -0.39 is 5.97 Å². The van der Waals surface area contributed by atoms with Gasteiger partial charge in [-0.2, -0.15) is 0 Å². The molecule has 3 heteroatoms. The molecular formula is C6H5NO2. The van der Waals surface area contributed by atoms with Crippen LogP contribution < -0.4 is 0 Å². The smallest absolute Gasteiger partial charge is 0.354 e. The monoisotopic (exact) mass is 124 g/mol. The van der Waals surface area contributed by atoms with Gasteiger partial charge in [-0.05, 0) is 12.1 Å². The Bertz CT molecular complexity index is 262. The lowest BCUT2D eigenvalue weighted by Gasteiger charge is -1.87. The van der Waals surface area contributed by atoms with Crippen LogP contribution in [0, 0.1) is 0 Å². The van der Waals surface area contributed by atoms with Crippen molar-refractivity contribution >= 4 is 5.97 Å². The summed E-state index contributed by atoms with van der Waals surface area (Å²) in [4.78, 5) is 13.6. The minimum Gasteiger partial charge on any atom is -0.477 e. The summed E-state index contributed by atoms with van der Waals surface area (Å²) in [6, 6.07) is 4.26. The fraction of sp³-hybridized carbons (Fsp3) is 0. The number of aromatic nitrogens is 1. The molecule has 0 fully saturated rings. The minimum atomic E-state index is -1.10. The summed E-state index contributed by atoms with van der Waals surface area (Å²) in [6.07, 6.45) is -0.0279. The van der Waals surface area contributed by atoms with Gasteiger partial charge in [0, 0.05) is 6.17 Å². The van der Waals surface area contributed by atoms with Gasteiger partial charge in [0.1, 0.15) is 5.69 Å². The van der Waals surface area contributed by atoms with Gasteiger partial charge in [-0.15, -0.1) is 0 Å². The van der Waals surface area contributed by atoms with Gasteiger partial charge in [-0.25, -0.2) is 9.78 Å². The lowest BCUT2D eigenvalue weighted by atomic mass is 10.4. The SMILES string of the molecule is [2H]c1cccc(C(=O)O)n1. The summed E-state index contributed by atoms with van der Waals surface area (Å²) in [5.74, 6) is -1.10. The highest BCUT2D eigenvalue weighted by Crippen LogP contribution is 1.90. The van der Waals surface area contributed by atoms with Crippen molar-refractivity contribution in [1.82, 2.24) is 4.98 Å². The normalized spacial score (nSPS) is 10.4. The van der Waals surface area contributed by atoms with Crippen LogP contribution >= 0.6 is 0 Å². The first kappa shape index (κ1) is 4.49. The van der Waals surface area contributed by atoms with Crippen molar-refractivity contribution in [1.29, 1.82) is 0 Å². The average molecular weight is 124 g/mol. The molecule has 0 aromatic carbocycles. The van der Waals surface area contributed by atoms with Crippen LogP contribution in [0.3, 0.4) is 0 Å². The Labute approximate surface area is 53.4 Å². The molecule has 0 aliphatic rings. The van der Waals surface area contributed by atoms with E-state index in [2.05, 4.69) is 4.98 Å². The van der Waals surface area contributed by atoms with Crippen molar-refractivity contribution in [3.05, 3.63) is 30.1 Å². The van der Waals surface area contributed by atoms with E-state index in [1.54, 1.807) is 0 Å². The number of aromatic carboxylic acids is 1. The molecule has 1 aromatic heterocycles. The van der Waals surface area contributed by atoms with Gasteiger partial charge in [0.2, 0.25) is 0 Å². The molecule has 0 amide bonds. The van der Waals surface area contributed by atoms with Crippen molar-refractivity contribution in [2.75, 3.05) is 0 Å². The number of hydrogen-bond donors (Lipinski definition) is 1. The summed E-state index contributed by atoms with van der Waals surface area (Å²) in [6.45, 7) is 0. The van der Waals surface area contributed by atoms with Crippen molar-refractivity contribution < 1.29 is 11.3 Å². The topological polar surface area (TPSA) is 50.2 Å². The molecule has 0 saturated heterocycles. The lowest BCUT2D eigenvalue weighted by molar-refractivity contribution is 0.0690. The number of rotatable bonds is 1. The Morgan fingerprint density at radius 1 is 1.78 bits per heavy atom. The molecule has 0 aliphatic carbocycles. The van der Waals surface area contributed by atoms with E-state index in [1.807, 2.05) is 0 Å². The fourth-order valence-electron chi connectivity index (χ4n) is 0.445. The maximum atomic E-state index is 10.2. The Balaban J connectivity index is 3.07. The Kier molecular flexibility index (Phi) is 1.13. The van der Waals surface area contributed by atoms with E-state index in [1.165, 1.54) is 18.2 Å². The second-order valence-corrected chi connectivity index (χ2v) is 1.46.